The van der Waals surface area contributed by atoms with Crippen molar-refractivity contribution >= 4 is 5.82 Å². The van der Waals surface area contributed by atoms with Gasteiger partial charge in [-0.1, -0.05) is 0 Å². The summed E-state index contributed by atoms with van der Waals surface area (Å²) in [4.78, 5) is 6.71. The van der Waals surface area contributed by atoms with Crippen LogP contribution in [0, 0.1) is 0 Å². The molecule has 0 aromatic carbocycles. The van der Waals surface area contributed by atoms with Gasteiger partial charge < -0.3 is 10.0 Å². The number of aliphatic hydroxyl groups excluding tert-OH is 1. The SMILES string of the molecule is CC1(C)CCCN1c1cc(CO)ccn1. The highest BCUT2D eigenvalue weighted by Gasteiger charge is 2.32. The lowest BCUT2D eigenvalue weighted by molar-refractivity contribution is 0.281. The highest BCUT2D eigenvalue weighted by molar-refractivity contribution is 5.44. The third-order valence-electron chi connectivity index (χ3n) is 3.17. The first-order valence-corrected chi connectivity index (χ1v) is 5.47. The highest BCUT2D eigenvalue weighted by atomic mass is 16.3. The molecule has 0 atom stereocenters. The number of hydrogen-bond acceptors (Lipinski definition) is 3. The largest absolute Gasteiger partial charge is 0.392 e. The molecule has 2 heterocycles. The maximum atomic E-state index is 9.09. The molecule has 0 saturated carbocycles. The second-order valence-corrected chi connectivity index (χ2v) is 4.75. The number of nitrogens with zero attached hydrogens (tertiary/aromatic N) is 2. The maximum absolute atomic E-state index is 9.09. The van der Waals surface area contributed by atoms with E-state index in [9.17, 15) is 0 Å². The molecule has 3 nitrogen and oxygen atoms in total. The minimum Gasteiger partial charge on any atom is -0.392 e. The van der Waals surface area contributed by atoms with Crippen molar-refractivity contribution in [3.05, 3.63) is 23.9 Å². The molecule has 0 aliphatic carbocycles. The fraction of sp³-hybridized carbons (Fsp3) is 0.583. The fourth-order valence-corrected chi connectivity index (χ4v) is 2.24. The van der Waals surface area contributed by atoms with Crippen molar-refractivity contribution in [2.45, 2.75) is 38.8 Å². The normalized spacial score (nSPS) is 19.5. The summed E-state index contributed by atoms with van der Waals surface area (Å²) in [6.07, 6.45) is 4.20. The molecule has 1 aliphatic heterocycles. The Hall–Kier alpha value is -1.09. The minimum absolute atomic E-state index is 0.0871. The van der Waals surface area contributed by atoms with Crippen LogP contribution in [0.5, 0.6) is 0 Å². The summed E-state index contributed by atoms with van der Waals surface area (Å²) < 4.78 is 0. The summed E-state index contributed by atoms with van der Waals surface area (Å²) in [5.41, 5.74) is 1.13. The average Bonchev–Trinajstić information content (AvgIpc) is 2.58. The van der Waals surface area contributed by atoms with E-state index in [1.165, 1.54) is 12.8 Å². The Bertz CT molecular complexity index is 349. The molecule has 1 saturated heterocycles. The number of aliphatic hydroxyl groups is 1. The van der Waals surface area contributed by atoms with Gasteiger partial charge in [0.25, 0.3) is 0 Å². The predicted octanol–water partition coefficient (Wildman–Crippen LogP) is 1.95. The Labute approximate surface area is 90.8 Å². The summed E-state index contributed by atoms with van der Waals surface area (Å²) in [5, 5.41) is 9.09. The molecule has 1 N–H and O–H groups in total. The van der Waals surface area contributed by atoms with Gasteiger partial charge in [-0.25, -0.2) is 4.98 Å². The number of pyridine rings is 1. The van der Waals surface area contributed by atoms with E-state index in [2.05, 4.69) is 23.7 Å². The van der Waals surface area contributed by atoms with Crippen molar-refractivity contribution < 1.29 is 5.11 Å². The van der Waals surface area contributed by atoms with Gasteiger partial charge in [-0.2, -0.15) is 0 Å². The topological polar surface area (TPSA) is 36.4 Å². The van der Waals surface area contributed by atoms with Gasteiger partial charge in [-0.15, -0.1) is 0 Å². The van der Waals surface area contributed by atoms with Gasteiger partial charge in [0, 0.05) is 18.3 Å². The summed E-state index contributed by atoms with van der Waals surface area (Å²) in [5.74, 6) is 0.990. The molecule has 0 radical (unpaired) electrons. The van der Waals surface area contributed by atoms with Crippen LogP contribution in [0.15, 0.2) is 18.3 Å². The molecule has 3 heteroatoms. The highest BCUT2D eigenvalue weighted by Crippen LogP contribution is 2.32. The third kappa shape index (κ3) is 1.97. The number of hydrogen-bond donors (Lipinski definition) is 1. The molecule has 0 bridgehead atoms. The van der Waals surface area contributed by atoms with Crippen molar-refractivity contribution in [3.63, 3.8) is 0 Å². The standard InChI is InChI=1S/C12H18N2O/c1-12(2)5-3-7-14(12)11-8-10(9-15)4-6-13-11/h4,6,8,15H,3,5,7,9H2,1-2H3. The van der Waals surface area contributed by atoms with Crippen LogP contribution < -0.4 is 4.90 Å². The van der Waals surface area contributed by atoms with Crippen LogP contribution in [0.4, 0.5) is 5.82 Å². The molecule has 1 aliphatic rings. The predicted molar refractivity (Wildman–Crippen MR) is 60.8 cm³/mol. The smallest absolute Gasteiger partial charge is 0.129 e. The molecule has 2 rings (SSSR count). The van der Waals surface area contributed by atoms with E-state index in [0.29, 0.717) is 0 Å². The van der Waals surface area contributed by atoms with Gasteiger partial charge in [0.1, 0.15) is 5.82 Å². The summed E-state index contributed by atoms with van der Waals surface area (Å²) in [7, 11) is 0. The van der Waals surface area contributed by atoms with E-state index in [1.807, 2.05) is 12.1 Å². The fourth-order valence-electron chi connectivity index (χ4n) is 2.24. The zero-order chi connectivity index (χ0) is 10.9. The van der Waals surface area contributed by atoms with Crippen molar-refractivity contribution in [1.29, 1.82) is 0 Å². The Morgan fingerprint density at radius 2 is 2.33 bits per heavy atom. The van der Waals surface area contributed by atoms with Gasteiger partial charge in [0.15, 0.2) is 0 Å². The molecule has 0 amide bonds. The first-order valence-electron chi connectivity index (χ1n) is 5.47. The van der Waals surface area contributed by atoms with E-state index in [1.54, 1.807) is 6.20 Å². The summed E-state index contributed by atoms with van der Waals surface area (Å²) in [6.45, 7) is 5.64. The summed E-state index contributed by atoms with van der Waals surface area (Å²) >= 11 is 0. The lowest BCUT2D eigenvalue weighted by atomic mass is 10.0. The zero-order valence-electron chi connectivity index (χ0n) is 9.40. The zero-order valence-corrected chi connectivity index (χ0v) is 9.40. The summed E-state index contributed by atoms with van der Waals surface area (Å²) in [6, 6.07) is 3.83. The van der Waals surface area contributed by atoms with Crippen LogP contribution in [-0.2, 0) is 6.61 Å². The second-order valence-electron chi connectivity index (χ2n) is 4.75. The Morgan fingerprint density at radius 1 is 1.53 bits per heavy atom. The van der Waals surface area contributed by atoms with Gasteiger partial charge >= 0.3 is 0 Å². The van der Waals surface area contributed by atoms with E-state index in [0.717, 1.165) is 17.9 Å². The minimum atomic E-state index is 0.0871. The van der Waals surface area contributed by atoms with Crippen LogP contribution in [0.25, 0.3) is 0 Å². The molecule has 0 unspecified atom stereocenters. The number of anilines is 1. The van der Waals surface area contributed by atoms with Gasteiger partial charge in [0.2, 0.25) is 0 Å². The lowest BCUT2D eigenvalue weighted by Crippen LogP contribution is -2.38. The van der Waals surface area contributed by atoms with Crippen molar-refractivity contribution in [3.8, 4) is 0 Å². The van der Waals surface area contributed by atoms with Crippen molar-refractivity contribution in [1.82, 2.24) is 4.98 Å². The van der Waals surface area contributed by atoms with Crippen molar-refractivity contribution in [2.75, 3.05) is 11.4 Å². The molecule has 1 aromatic heterocycles. The maximum Gasteiger partial charge on any atom is 0.129 e. The van der Waals surface area contributed by atoms with E-state index < -0.39 is 0 Å². The monoisotopic (exact) mass is 206 g/mol. The Kier molecular flexibility index (Phi) is 2.65. The lowest BCUT2D eigenvalue weighted by Gasteiger charge is -2.32. The van der Waals surface area contributed by atoms with Gasteiger partial charge in [-0.05, 0) is 44.4 Å². The van der Waals surface area contributed by atoms with Gasteiger partial charge in [0.05, 0.1) is 6.61 Å². The molecule has 1 aromatic rings. The molecular formula is C12H18N2O. The van der Waals surface area contributed by atoms with Crippen LogP contribution in [-0.4, -0.2) is 22.2 Å². The molecule has 0 spiro atoms. The number of aromatic nitrogens is 1. The first-order chi connectivity index (χ1) is 7.13. The van der Waals surface area contributed by atoms with Crippen LogP contribution >= 0.6 is 0 Å². The third-order valence-corrected chi connectivity index (χ3v) is 3.17. The van der Waals surface area contributed by atoms with Crippen LogP contribution in [0.2, 0.25) is 0 Å². The molecule has 82 valence electrons. The molecule has 15 heavy (non-hydrogen) atoms. The Morgan fingerprint density at radius 3 is 2.93 bits per heavy atom. The van der Waals surface area contributed by atoms with E-state index in [-0.39, 0.29) is 12.1 Å². The van der Waals surface area contributed by atoms with E-state index >= 15 is 0 Å². The van der Waals surface area contributed by atoms with Crippen LogP contribution in [0.1, 0.15) is 32.3 Å². The van der Waals surface area contributed by atoms with Crippen LogP contribution in [0.3, 0.4) is 0 Å². The average molecular weight is 206 g/mol. The molecule has 1 fully saturated rings. The molecular weight excluding hydrogens is 188 g/mol. The van der Waals surface area contributed by atoms with Gasteiger partial charge in [-0.3, -0.25) is 0 Å². The van der Waals surface area contributed by atoms with E-state index in [4.69, 9.17) is 5.11 Å². The van der Waals surface area contributed by atoms with Crippen molar-refractivity contribution in [2.24, 2.45) is 0 Å². The number of rotatable bonds is 2. The second kappa shape index (κ2) is 3.81. The Balaban J connectivity index is 2.29. The first kappa shape index (κ1) is 10.4. The quantitative estimate of drug-likeness (QED) is 0.803.